The molecule has 1 aromatic heterocycles. The minimum Gasteiger partial charge on any atom is -0.424 e. The summed E-state index contributed by atoms with van der Waals surface area (Å²) in [5, 5.41) is 2.93. The highest BCUT2D eigenvalue weighted by Gasteiger charge is 2.11. The third-order valence-electron chi connectivity index (χ3n) is 3.34. The summed E-state index contributed by atoms with van der Waals surface area (Å²) in [6, 6.07) is 6.32. The van der Waals surface area contributed by atoms with E-state index in [0.717, 1.165) is 18.6 Å². The van der Waals surface area contributed by atoms with Gasteiger partial charge in [0.25, 0.3) is 0 Å². The molecular formula is C14H15ClN4O. The number of aromatic nitrogens is 3. The van der Waals surface area contributed by atoms with E-state index in [-0.39, 0.29) is 11.3 Å². The Labute approximate surface area is 122 Å². The van der Waals surface area contributed by atoms with E-state index in [1.807, 2.05) is 6.07 Å². The first kappa shape index (κ1) is 13.1. The van der Waals surface area contributed by atoms with Crippen LogP contribution in [0.5, 0.6) is 11.8 Å². The molecule has 6 heteroatoms. The number of aryl methyl sites for hydroxylation is 2. The lowest BCUT2D eigenvalue weighted by Gasteiger charge is -2.16. The molecule has 2 aromatic rings. The highest BCUT2D eigenvalue weighted by Crippen LogP contribution is 2.27. The third kappa shape index (κ3) is 2.82. The van der Waals surface area contributed by atoms with E-state index in [0.29, 0.717) is 5.95 Å². The molecule has 1 heterocycles. The predicted molar refractivity (Wildman–Crippen MR) is 77.5 cm³/mol. The monoisotopic (exact) mass is 290 g/mol. The maximum atomic E-state index is 5.83. The summed E-state index contributed by atoms with van der Waals surface area (Å²) in [7, 11) is 1.72. The van der Waals surface area contributed by atoms with Gasteiger partial charge >= 0.3 is 6.01 Å². The fourth-order valence-corrected chi connectivity index (χ4v) is 2.52. The van der Waals surface area contributed by atoms with E-state index in [1.165, 1.54) is 24.0 Å². The molecule has 1 N–H and O–H groups in total. The minimum atomic E-state index is 0.109. The first-order valence-electron chi connectivity index (χ1n) is 6.63. The number of anilines is 1. The number of nitrogens with one attached hydrogen (secondary N) is 1. The summed E-state index contributed by atoms with van der Waals surface area (Å²) in [5.41, 5.74) is 2.76. The largest absolute Gasteiger partial charge is 0.424 e. The molecule has 0 unspecified atom stereocenters. The lowest BCUT2D eigenvalue weighted by Crippen LogP contribution is -2.04. The molecule has 104 valence electrons. The van der Waals surface area contributed by atoms with E-state index in [2.05, 4.69) is 32.4 Å². The van der Waals surface area contributed by atoms with Crippen molar-refractivity contribution in [2.75, 3.05) is 12.4 Å². The van der Waals surface area contributed by atoms with Crippen LogP contribution >= 0.6 is 11.6 Å². The Balaban J connectivity index is 1.85. The van der Waals surface area contributed by atoms with Gasteiger partial charge in [-0.15, -0.1) is 0 Å². The number of benzene rings is 1. The molecule has 0 aliphatic heterocycles. The Kier molecular flexibility index (Phi) is 3.69. The summed E-state index contributed by atoms with van der Waals surface area (Å²) in [5.74, 6) is 1.12. The van der Waals surface area contributed by atoms with Gasteiger partial charge < -0.3 is 10.1 Å². The van der Waals surface area contributed by atoms with Crippen LogP contribution in [0.3, 0.4) is 0 Å². The zero-order valence-electron chi connectivity index (χ0n) is 11.2. The zero-order valence-corrected chi connectivity index (χ0v) is 11.9. The van der Waals surface area contributed by atoms with E-state index in [4.69, 9.17) is 16.3 Å². The molecule has 1 aliphatic carbocycles. The molecule has 0 saturated carbocycles. The zero-order chi connectivity index (χ0) is 13.9. The summed E-state index contributed by atoms with van der Waals surface area (Å²) >= 11 is 5.83. The number of nitrogens with zero attached hydrogens (tertiary/aromatic N) is 3. The second-order valence-electron chi connectivity index (χ2n) is 4.70. The first-order valence-corrected chi connectivity index (χ1v) is 7.01. The van der Waals surface area contributed by atoms with Gasteiger partial charge in [-0.05, 0) is 60.5 Å². The van der Waals surface area contributed by atoms with Crippen molar-refractivity contribution in [1.82, 2.24) is 15.0 Å². The van der Waals surface area contributed by atoms with Crippen molar-refractivity contribution < 1.29 is 4.74 Å². The standard InChI is InChI=1S/C14H15ClN4O/c1-16-13-17-12(15)18-14(19-13)20-11-7-6-9-4-2-3-5-10(9)8-11/h6-8H,2-5H2,1H3,(H,16,17,18,19). The molecule has 0 saturated heterocycles. The smallest absolute Gasteiger partial charge is 0.328 e. The molecule has 0 atom stereocenters. The van der Waals surface area contributed by atoms with E-state index in [1.54, 1.807) is 7.05 Å². The van der Waals surface area contributed by atoms with Gasteiger partial charge in [-0.2, -0.15) is 15.0 Å². The van der Waals surface area contributed by atoms with Gasteiger partial charge in [0.15, 0.2) is 0 Å². The summed E-state index contributed by atoms with van der Waals surface area (Å²) in [4.78, 5) is 12.0. The summed E-state index contributed by atoms with van der Waals surface area (Å²) in [6.45, 7) is 0. The second kappa shape index (κ2) is 5.63. The number of ether oxygens (including phenoxy) is 1. The van der Waals surface area contributed by atoms with E-state index >= 15 is 0 Å². The first-order chi connectivity index (χ1) is 9.74. The molecule has 1 aliphatic rings. The number of hydrogen-bond donors (Lipinski definition) is 1. The van der Waals surface area contributed by atoms with E-state index in [9.17, 15) is 0 Å². The third-order valence-corrected chi connectivity index (χ3v) is 3.51. The molecule has 0 fully saturated rings. The van der Waals surface area contributed by atoms with Crippen molar-refractivity contribution in [1.29, 1.82) is 0 Å². The van der Waals surface area contributed by atoms with Crippen LogP contribution in [0.25, 0.3) is 0 Å². The molecular weight excluding hydrogens is 276 g/mol. The maximum absolute atomic E-state index is 5.83. The Morgan fingerprint density at radius 2 is 1.90 bits per heavy atom. The van der Waals surface area contributed by atoms with Crippen molar-refractivity contribution in [2.45, 2.75) is 25.7 Å². The van der Waals surface area contributed by atoms with Gasteiger partial charge in [0.2, 0.25) is 11.2 Å². The van der Waals surface area contributed by atoms with Gasteiger partial charge in [0, 0.05) is 7.05 Å². The van der Waals surface area contributed by atoms with Gasteiger partial charge in [-0.25, -0.2) is 0 Å². The number of fused-ring (bicyclic) bond motifs is 1. The Bertz CT molecular complexity index is 633. The van der Waals surface area contributed by atoms with E-state index < -0.39 is 0 Å². The lowest BCUT2D eigenvalue weighted by molar-refractivity contribution is 0.439. The van der Waals surface area contributed by atoms with Crippen molar-refractivity contribution in [3.8, 4) is 11.8 Å². The fraction of sp³-hybridized carbons (Fsp3) is 0.357. The minimum absolute atomic E-state index is 0.109. The van der Waals surface area contributed by atoms with Gasteiger partial charge in [0.05, 0.1) is 0 Å². The lowest BCUT2D eigenvalue weighted by atomic mass is 9.92. The van der Waals surface area contributed by atoms with Crippen molar-refractivity contribution >= 4 is 17.5 Å². The SMILES string of the molecule is CNc1nc(Cl)nc(Oc2ccc3c(c2)CCCC3)n1. The molecule has 3 rings (SSSR count). The fourth-order valence-electron chi connectivity index (χ4n) is 2.37. The van der Waals surface area contributed by atoms with Crippen molar-refractivity contribution in [3.63, 3.8) is 0 Å². The van der Waals surface area contributed by atoms with Crippen LogP contribution in [0.15, 0.2) is 18.2 Å². The van der Waals surface area contributed by atoms with Crippen molar-refractivity contribution in [2.24, 2.45) is 0 Å². The van der Waals surface area contributed by atoms with Crippen LogP contribution in [0, 0.1) is 0 Å². The molecule has 0 amide bonds. The Morgan fingerprint density at radius 1 is 1.10 bits per heavy atom. The van der Waals surface area contributed by atoms with Gasteiger partial charge in [0.1, 0.15) is 5.75 Å². The van der Waals surface area contributed by atoms with Crippen LogP contribution in [0.1, 0.15) is 24.0 Å². The predicted octanol–water partition coefficient (Wildman–Crippen LogP) is 3.24. The topological polar surface area (TPSA) is 59.9 Å². The highest BCUT2D eigenvalue weighted by molar-refractivity contribution is 6.28. The van der Waals surface area contributed by atoms with Crippen molar-refractivity contribution in [3.05, 3.63) is 34.6 Å². The molecule has 0 bridgehead atoms. The quantitative estimate of drug-likeness (QED) is 0.940. The highest BCUT2D eigenvalue weighted by atomic mass is 35.5. The Morgan fingerprint density at radius 3 is 2.70 bits per heavy atom. The van der Waals surface area contributed by atoms with Crippen LogP contribution in [-0.4, -0.2) is 22.0 Å². The average molecular weight is 291 g/mol. The van der Waals surface area contributed by atoms with Crippen LogP contribution < -0.4 is 10.1 Å². The molecule has 20 heavy (non-hydrogen) atoms. The molecule has 0 spiro atoms. The summed E-state index contributed by atoms with van der Waals surface area (Å²) in [6.07, 6.45) is 4.75. The molecule has 0 radical (unpaired) electrons. The van der Waals surface area contributed by atoms with Crippen LogP contribution in [0.2, 0.25) is 5.28 Å². The number of hydrogen-bond acceptors (Lipinski definition) is 5. The normalized spacial score (nSPS) is 13.7. The molecule has 5 nitrogen and oxygen atoms in total. The number of halogens is 1. The van der Waals surface area contributed by atoms with Gasteiger partial charge in [-0.1, -0.05) is 6.07 Å². The summed E-state index contributed by atoms with van der Waals surface area (Å²) < 4.78 is 5.68. The van der Waals surface area contributed by atoms with Gasteiger partial charge in [-0.3, -0.25) is 0 Å². The number of rotatable bonds is 3. The Hall–Kier alpha value is -1.88. The van der Waals surface area contributed by atoms with Crippen LogP contribution in [-0.2, 0) is 12.8 Å². The second-order valence-corrected chi connectivity index (χ2v) is 5.04. The average Bonchev–Trinajstić information content (AvgIpc) is 2.46. The van der Waals surface area contributed by atoms with Crippen LogP contribution in [0.4, 0.5) is 5.95 Å². The maximum Gasteiger partial charge on any atom is 0.328 e. The molecule has 1 aromatic carbocycles.